The Balaban J connectivity index is 1.95. The van der Waals surface area contributed by atoms with Gasteiger partial charge in [0.2, 0.25) is 0 Å². The fraction of sp³-hybridized carbons (Fsp3) is 0.385. The highest BCUT2D eigenvalue weighted by Crippen LogP contribution is 2.14. The number of aromatic nitrogens is 3. The lowest BCUT2D eigenvalue weighted by Gasteiger charge is -2.08. The zero-order valence-corrected chi connectivity index (χ0v) is 10.8. The molecule has 5 heteroatoms. The van der Waals surface area contributed by atoms with Gasteiger partial charge in [-0.3, -0.25) is 0 Å². The molecule has 5 nitrogen and oxygen atoms in total. The van der Waals surface area contributed by atoms with Crippen molar-refractivity contribution in [1.29, 1.82) is 0 Å². The van der Waals surface area contributed by atoms with Gasteiger partial charge in [0.15, 0.2) is 5.82 Å². The average Bonchev–Trinajstić information content (AvgIpc) is 2.80. The summed E-state index contributed by atoms with van der Waals surface area (Å²) >= 11 is 0. The highest BCUT2D eigenvalue weighted by Gasteiger charge is 2.02. The fourth-order valence-corrected chi connectivity index (χ4v) is 1.60. The maximum absolute atomic E-state index is 5.70. The largest absolute Gasteiger partial charge is 0.486 e. The van der Waals surface area contributed by atoms with Gasteiger partial charge in [0.25, 0.3) is 0 Å². The minimum absolute atomic E-state index is 0.432. The Labute approximate surface area is 107 Å². The zero-order valence-electron chi connectivity index (χ0n) is 10.8. The molecule has 2 rings (SSSR count). The molecule has 1 heterocycles. The summed E-state index contributed by atoms with van der Waals surface area (Å²) < 4.78 is 7.55. The van der Waals surface area contributed by atoms with E-state index < -0.39 is 0 Å². The Hall–Kier alpha value is -1.88. The third-order valence-corrected chi connectivity index (χ3v) is 2.65. The van der Waals surface area contributed by atoms with Gasteiger partial charge in [-0.2, -0.15) is 0 Å². The number of nitrogens with zero attached hydrogens (tertiary/aromatic N) is 3. The van der Waals surface area contributed by atoms with Crippen LogP contribution in [0.15, 0.2) is 30.6 Å². The smallest absolute Gasteiger partial charge is 0.170 e. The van der Waals surface area contributed by atoms with Crippen molar-refractivity contribution < 1.29 is 4.74 Å². The fourth-order valence-electron chi connectivity index (χ4n) is 1.60. The molecule has 0 amide bonds. The molecule has 0 aliphatic carbocycles. The van der Waals surface area contributed by atoms with E-state index in [1.807, 2.05) is 29.8 Å². The molecule has 0 aliphatic rings. The van der Waals surface area contributed by atoms with E-state index in [0.717, 1.165) is 24.7 Å². The summed E-state index contributed by atoms with van der Waals surface area (Å²) in [4.78, 5) is 0. The van der Waals surface area contributed by atoms with Crippen LogP contribution in [0.4, 0.5) is 0 Å². The number of hydrogen-bond donors (Lipinski definition) is 1. The van der Waals surface area contributed by atoms with Gasteiger partial charge in [0.05, 0.1) is 0 Å². The van der Waals surface area contributed by atoms with Crippen LogP contribution in [0.1, 0.15) is 18.3 Å². The molecule has 0 unspecified atom stereocenters. The van der Waals surface area contributed by atoms with Gasteiger partial charge in [-0.15, -0.1) is 10.2 Å². The predicted molar refractivity (Wildman–Crippen MR) is 69.2 cm³/mol. The second-order valence-electron chi connectivity index (χ2n) is 4.07. The quantitative estimate of drug-likeness (QED) is 0.839. The van der Waals surface area contributed by atoms with Crippen molar-refractivity contribution in [2.24, 2.45) is 7.05 Å². The molecule has 0 fully saturated rings. The molecule has 1 aromatic heterocycles. The van der Waals surface area contributed by atoms with Crippen molar-refractivity contribution >= 4 is 0 Å². The highest BCUT2D eigenvalue weighted by molar-refractivity contribution is 5.28. The van der Waals surface area contributed by atoms with Crippen LogP contribution >= 0.6 is 0 Å². The lowest BCUT2D eigenvalue weighted by atomic mass is 10.2. The van der Waals surface area contributed by atoms with Crippen LogP contribution in [-0.2, 0) is 20.2 Å². The van der Waals surface area contributed by atoms with Crippen molar-refractivity contribution in [2.45, 2.75) is 20.1 Å². The molecular formula is C13H18N4O. The Kier molecular flexibility index (Phi) is 4.30. The van der Waals surface area contributed by atoms with Crippen LogP contribution in [0, 0.1) is 0 Å². The first-order valence-corrected chi connectivity index (χ1v) is 6.05. The third-order valence-electron chi connectivity index (χ3n) is 2.65. The van der Waals surface area contributed by atoms with Gasteiger partial charge < -0.3 is 14.6 Å². The van der Waals surface area contributed by atoms with Gasteiger partial charge >= 0.3 is 0 Å². The lowest BCUT2D eigenvalue weighted by molar-refractivity contribution is 0.291. The first kappa shape index (κ1) is 12.6. The van der Waals surface area contributed by atoms with Crippen LogP contribution in [0.3, 0.4) is 0 Å². The van der Waals surface area contributed by atoms with Crippen molar-refractivity contribution in [3.8, 4) is 5.75 Å². The maximum Gasteiger partial charge on any atom is 0.170 e. The number of hydrogen-bond acceptors (Lipinski definition) is 4. The monoisotopic (exact) mass is 246 g/mol. The lowest BCUT2D eigenvalue weighted by Crippen LogP contribution is -2.11. The van der Waals surface area contributed by atoms with Gasteiger partial charge in [0, 0.05) is 13.6 Å². The first-order chi connectivity index (χ1) is 8.79. The summed E-state index contributed by atoms with van der Waals surface area (Å²) in [6, 6.07) is 8.07. The molecule has 0 aliphatic heterocycles. The number of nitrogens with one attached hydrogen (secondary N) is 1. The van der Waals surface area contributed by atoms with Crippen LogP contribution in [0.2, 0.25) is 0 Å². The molecule has 0 atom stereocenters. The van der Waals surface area contributed by atoms with E-state index in [2.05, 4.69) is 28.5 Å². The molecular weight excluding hydrogens is 228 g/mol. The Bertz CT molecular complexity index is 495. The predicted octanol–water partition coefficient (Wildman–Crippen LogP) is 1.50. The zero-order chi connectivity index (χ0) is 12.8. The molecule has 2 aromatic rings. The number of ether oxygens (including phenoxy) is 1. The summed E-state index contributed by atoms with van der Waals surface area (Å²) in [7, 11) is 1.90. The van der Waals surface area contributed by atoms with Gasteiger partial charge in [-0.25, -0.2) is 0 Å². The van der Waals surface area contributed by atoms with Crippen molar-refractivity contribution in [3.05, 3.63) is 42.0 Å². The molecule has 1 aromatic carbocycles. The van der Waals surface area contributed by atoms with Gasteiger partial charge in [-0.1, -0.05) is 19.1 Å². The topological polar surface area (TPSA) is 52.0 Å². The van der Waals surface area contributed by atoms with Crippen LogP contribution in [0.5, 0.6) is 5.75 Å². The number of rotatable bonds is 6. The molecule has 0 bridgehead atoms. The third kappa shape index (κ3) is 3.30. The van der Waals surface area contributed by atoms with Gasteiger partial charge in [0.1, 0.15) is 18.7 Å². The Morgan fingerprint density at radius 2 is 2.28 bits per heavy atom. The SMILES string of the molecule is CCNCc1cccc(OCc2nncn2C)c1. The molecule has 96 valence electrons. The molecule has 1 N–H and O–H groups in total. The van der Waals surface area contributed by atoms with E-state index >= 15 is 0 Å². The van der Waals surface area contributed by atoms with E-state index in [-0.39, 0.29) is 0 Å². The first-order valence-electron chi connectivity index (χ1n) is 6.05. The van der Waals surface area contributed by atoms with Crippen LogP contribution in [-0.4, -0.2) is 21.3 Å². The molecule has 18 heavy (non-hydrogen) atoms. The van der Waals surface area contributed by atoms with E-state index in [0.29, 0.717) is 6.61 Å². The summed E-state index contributed by atoms with van der Waals surface area (Å²) in [5.74, 6) is 1.67. The van der Waals surface area contributed by atoms with E-state index in [1.54, 1.807) is 6.33 Å². The Morgan fingerprint density at radius 3 is 3.00 bits per heavy atom. The van der Waals surface area contributed by atoms with Crippen molar-refractivity contribution in [1.82, 2.24) is 20.1 Å². The summed E-state index contributed by atoms with van der Waals surface area (Å²) in [6.07, 6.45) is 1.67. The maximum atomic E-state index is 5.70. The van der Waals surface area contributed by atoms with Crippen LogP contribution in [0.25, 0.3) is 0 Å². The van der Waals surface area contributed by atoms with Crippen molar-refractivity contribution in [3.63, 3.8) is 0 Å². The second kappa shape index (κ2) is 6.16. The van der Waals surface area contributed by atoms with E-state index in [1.165, 1.54) is 5.56 Å². The summed E-state index contributed by atoms with van der Waals surface area (Å²) in [5.41, 5.74) is 1.22. The minimum atomic E-state index is 0.432. The molecule has 0 radical (unpaired) electrons. The minimum Gasteiger partial charge on any atom is -0.486 e. The standard InChI is InChI=1S/C13H18N4O/c1-3-14-8-11-5-4-6-12(7-11)18-9-13-16-15-10-17(13)2/h4-7,10,14H,3,8-9H2,1-2H3. The van der Waals surface area contributed by atoms with Crippen molar-refractivity contribution in [2.75, 3.05) is 6.54 Å². The molecule has 0 saturated heterocycles. The highest BCUT2D eigenvalue weighted by atomic mass is 16.5. The van der Waals surface area contributed by atoms with Gasteiger partial charge in [-0.05, 0) is 24.2 Å². The van der Waals surface area contributed by atoms with E-state index in [9.17, 15) is 0 Å². The molecule has 0 spiro atoms. The second-order valence-corrected chi connectivity index (χ2v) is 4.07. The normalized spacial score (nSPS) is 10.6. The number of aryl methyl sites for hydroxylation is 1. The Morgan fingerprint density at radius 1 is 1.39 bits per heavy atom. The summed E-state index contributed by atoms with van der Waals surface area (Å²) in [5, 5.41) is 11.1. The van der Waals surface area contributed by atoms with Crippen LogP contribution < -0.4 is 10.1 Å². The summed E-state index contributed by atoms with van der Waals surface area (Å²) in [6.45, 7) is 4.34. The molecule has 0 saturated carbocycles. The number of benzene rings is 1. The van der Waals surface area contributed by atoms with E-state index in [4.69, 9.17) is 4.74 Å². The average molecular weight is 246 g/mol.